The molecule has 3 atom stereocenters. The van der Waals surface area contributed by atoms with Gasteiger partial charge in [0.05, 0.1) is 0 Å². The Labute approximate surface area is 150 Å². The maximum absolute atomic E-state index is 12.1. The molecule has 24 heavy (non-hydrogen) atoms. The van der Waals surface area contributed by atoms with Gasteiger partial charge >= 0.3 is 5.97 Å². The normalized spacial score (nSPS) is 23.9. The summed E-state index contributed by atoms with van der Waals surface area (Å²) in [6, 6.07) is 0. The van der Waals surface area contributed by atoms with E-state index in [9.17, 15) is 4.79 Å². The number of esters is 1. The van der Waals surface area contributed by atoms with Gasteiger partial charge in [-0.25, -0.2) is 0 Å². The number of carbonyl (C=O) groups is 1. The van der Waals surface area contributed by atoms with Crippen LogP contribution in [0.25, 0.3) is 0 Å². The third kappa shape index (κ3) is 8.89. The Morgan fingerprint density at radius 1 is 1.00 bits per heavy atom. The highest BCUT2D eigenvalue weighted by Gasteiger charge is 2.31. The molecule has 0 unspecified atom stereocenters. The van der Waals surface area contributed by atoms with Crippen molar-refractivity contribution < 1.29 is 9.53 Å². The highest BCUT2D eigenvalue weighted by atomic mass is 16.5. The maximum Gasteiger partial charge on any atom is 0.306 e. The number of unbranched alkanes of at least 4 members (excludes halogenated alkanes) is 8. The van der Waals surface area contributed by atoms with E-state index >= 15 is 0 Å². The smallest absolute Gasteiger partial charge is 0.306 e. The zero-order chi connectivity index (χ0) is 17.8. The quantitative estimate of drug-likeness (QED) is 0.222. The van der Waals surface area contributed by atoms with Gasteiger partial charge in [-0.2, -0.15) is 0 Å². The predicted molar refractivity (Wildman–Crippen MR) is 103 cm³/mol. The fourth-order valence-electron chi connectivity index (χ4n) is 3.83. The molecule has 0 aromatic carbocycles. The maximum atomic E-state index is 12.1. The van der Waals surface area contributed by atoms with E-state index in [0.29, 0.717) is 18.3 Å². The first kappa shape index (κ1) is 21.3. The van der Waals surface area contributed by atoms with Gasteiger partial charge in [0.15, 0.2) is 0 Å². The molecule has 1 aliphatic carbocycles. The highest BCUT2D eigenvalue weighted by Crippen LogP contribution is 2.34. The number of rotatable bonds is 12. The van der Waals surface area contributed by atoms with Crippen molar-refractivity contribution in [2.45, 2.75) is 110 Å². The van der Waals surface area contributed by atoms with Crippen molar-refractivity contribution in [2.75, 3.05) is 0 Å². The van der Waals surface area contributed by atoms with Crippen molar-refractivity contribution in [1.82, 2.24) is 0 Å². The van der Waals surface area contributed by atoms with Crippen molar-refractivity contribution in [3.63, 3.8) is 0 Å². The summed E-state index contributed by atoms with van der Waals surface area (Å²) in [4.78, 5) is 12.1. The summed E-state index contributed by atoms with van der Waals surface area (Å²) in [6.07, 6.45) is 15.5. The lowest BCUT2D eigenvalue weighted by Gasteiger charge is -2.34. The first-order valence-corrected chi connectivity index (χ1v) is 10.4. The lowest BCUT2D eigenvalue weighted by atomic mass is 9.77. The van der Waals surface area contributed by atoms with Gasteiger partial charge in [-0.3, -0.25) is 4.79 Å². The van der Waals surface area contributed by atoms with Crippen LogP contribution in [0.1, 0.15) is 104 Å². The predicted octanol–water partition coefficient (Wildman–Crippen LogP) is 6.83. The number of hydrogen-bond acceptors (Lipinski definition) is 2. The molecule has 0 aromatic heterocycles. The average molecular weight is 337 g/mol. The summed E-state index contributed by atoms with van der Waals surface area (Å²) in [7, 11) is 0. The van der Waals surface area contributed by atoms with Crippen LogP contribution in [0.5, 0.6) is 0 Å². The van der Waals surface area contributed by atoms with Crippen LogP contribution in [0.3, 0.4) is 0 Å². The number of carbonyl (C=O) groups excluding carboxylic acids is 1. The SMILES string of the molecule is C=C(C)[C@@H]1CC[C@@H](C)C[C@H]1OC(=O)CCCCCCCCCCC. The second-order valence-corrected chi connectivity index (χ2v) is 7.98. The Hall–Kier alpha value is -0.790. The van der Waals surface area contributed by atoms with Gasteiger partial charge in [0, 0.05) is 12.3 Å². The molecule has 1 aliphatic rings. The van der Waals surface area contributed by atoms with E-state index in [0.717, 1.165) is 25.7 Å². The Bertz CT molecular complexity index is 361. The van der Waals surface area contributed by atoms with Gasteiger partial charge in [0.2, 0.25) is 0 Å². The average Bonchev–Trinajstić information content (AvgIpc) is 2.53. The Balaban J connectivity index is 2.11. The molecule has 0 heterocycles. The largest absolute Gasteiger partial charge is 0.462 e. The first-order chi connectivity index (χ1) is 11.5. The zero-order valence-electron chi connectivity index (χ0n) is 16.4. The third-order valence-corrected chi connectivity index (χ3v) is 5.45. The topological polar surface area (TPSA) is 26.3 Å². The molecular formula is C22H40O2. The Morgan fingerprint density at radius 2 is 1.58 bits per heavy atom. The van der Waals surface area contributed by atoms with Crippen LogP contribution in [0, 0.1) is 11.8 Å². The lowest BCUT2D eigenvalue weighted by Crippen LogP contribution is -2.33. The fourth-order valence-corrected chi connectivity index (χ4v) is 3.83. The fraction of sp³-hybridized carbons (Fsp3) is 0.864. The van der Waals surface area contributed by atoms with Crippen LogP contribution in [-0.4, -0.2) is 12.1 Å². The van der Waals surface area contributed by atoms with Gasteiger partial charge < -0.3 is 4.74 Å². The minimum Gasteiger partial charge on any atom is -0.462 e. The summed E-state index contributed by atoms with van der Waals surface area (Å²) >= 11 is 0. The van der Waals surface area contributed by atoms with E-state index in [1.165, 1.54) is 56.9 Å². The van der Waals surface area contributed by atoms with Crippen molar-refractivity contribution >= 4 is 5.97 Å². The Kier molecular flexibility index (Phi) is 11.1. The van der Waals surface area contributed by atoms with E-state index in [-0.39, 0.29) is 12.1 Å². The molecule has 0 saturated heterocycles. The van der Waals surface area contributed by atoms with Crippen LogP contribution in [-0.2, 0) is 9.53 Å². The van der Waals surface area contributed by atoms with E-state index in [1.807, 2.05) is 0 Å². The molecule has 1 saturated carbocycles. The van der Waals surface area contributed by atoms with Gasteiger partial charge in [-0.05, 0) is 38.5 Å². The molecule has 0 spiro atoms. The molecule has 1 fully saturated rings. The van der Waals surface area contributed by atoms with Crippen molar-refractivity contribution in [2.24, 2.45) is 11.8 Å². The molecule has 1 rings (SSSR count). The summed E-state index contributed by atoms with van der Waals surface area (Å²) in [5, 5.41) is 0. The molecule has 0 radical (unpaired) electrons. The van der Waals surface area contributed by atoms with Gasteiger partial charge in [0.25, 0.3) is 0 Å². The highest BCUT2D eigenvalue weighted by molar-refractivity contribution is 5.69. The molecule has 2 heteroatoms. The summed E-state index contributed by atoms with van der Waals surface area (Å²) in [6.45, 7) is 10.7. The van der Waals surface area contributed by atoms with Crippen LogP contribution >= 0.6 is 0 Å². The van der Waals surface area contributed by atoms with Crippen molar-refractivity contribution in [1.29, 1.82) is 0 Å². The van der Waals surface area contributed by atoms with E-state index in [1.54, 1.807) is 0 Å². The van der Waals surface area contributed by atoms with E-state index in [2.05, 4.69) is 27.4 Å². The van der Waals surface area contributed by atoms with E-state index < -0.39 is 0 Å². The Morgan fingerprint density at radius 3 is 2.17 bits per heavy atom. The molecule has 0 N–H and O–H groups in total. The molecule has 0 aromatic rings. The van der Waals surface area contributed by atoms with Crippen LogP contribution in [0.4, 0.5) is 0 Å². The first-order valence-electron chi connectivity index (χ1n) is 10.4. The summed E-state index contributed by atoms with van der Waals surface area (Å²) in [5.41, 5.74) is 1.17. The number of ether oxygens (including phenoxy) is 1. The minimum absolute atomic E-state index is 0.00305. The lowest BCUT2D eigenvalue weighted by molar-refractivity contribution is -0.153. The molecular weight excluding hydrogens is 296 g/mol. The van der Waals surface area contributed by atoms with Crippen LogP contribution in [0.15, 0.2) is 12.2 Å². The molecule has 0 amide bonds. The third-order valence-electron chi connectivity index (χ3n) is 5.45. The van der Waals surface area contributed by atoms with Crippen molar-refractivity contribution in [3.8, 4) is 0 Å². The molecule has 2 nitrogen and oxygen atoms in total. The van der Waals surface area contributed by atoms with Crippen LogP contribution in [0.2, 0.25) is 0 Å². The molecule has 0 aliphatic heterocycles. The second kappa shape index (κ2) is 12.6. The molecule has 0 bridgehead atoms. The standard InChI is InChI=1S/C22H40O2/c1-5-6-7-8-9-10-11-12-13-14-22(23)24-21-17-19(4)15-16-20(21)18(2)3/h19-21H,2,5-17H2,1,3-4H3/t19-,20+,21-/m1/s1. The van der Waals surface area contributed by atoms with Gasteiger partial charge in [-0.15, -0.1) is 0 Å². The second-order valence-electron chi connectivity index (χ2n) is 7.98. The molecule has 140 valence electrons. The van der Waals surface area contributed by atoms with Gasteiger partial charge in [0.1, 0.15) is 6.10 Å². The minimum atomic E-state index is 0.00305. The monoisotopic (exact) mass is 336 g/mol. The summed E-state index contributed by atoms with van der Waals surface area (Å²) < 4.78 is 5.81. The zero-order valence-corrected chi connectivity index (χ0v) is 16.4. The summed E-state index contributed by atoms with van der Waals surface area (Å²) in [5.74, 6) is 1.03. The number of hydrogen-bond donors (Lipinski definition) is 0. The van der Waals surface area contributed by atoms with E-state index in [4.69, 9.17) is 4.74 Å². The van der Waals surface area contributed by atoms with Gasteiger partial charge in [-0.1, -0.05) is 77.4 Å². The van der Waals surface area contributed by atoms with Crippen molar-refractivity contribution in [3.05, 3.63) is 12.2 Å². The van der Waals surface area contributed by atoms with Crippen LogP contribution < -0.4 is 0 Å².